The topological polar surface area (TPSA) is 93.0 Å². The number of anilines is 1. The van der Waals surface area contributed by atoms with E-state index < -0.39 is 10.9 Å². The molecule has 0 saturated carbocycles. The van der Waals surface area contributed by atoms with Gasteiger partial charge < -0.3 is 14.5 Å². The summed E-state index contributed by atoms with van der Waals surface area (Å²) in [5, 5.41) is 11.2. The Labute approximate surface area is 146 Å². The van der Waals surface area contributed by atoms with Crippen LogP contribution in [0.15, 0.2) is 18.2 Å². The number of carbonyl (C=O) groups is 2. The summed E-state index contributed by atoms with van der Waals surface area (Å²) in [6.45, 7) is 2.29. The molecule has 2 rings (SSSR count). The van der Waals surface area contributed by atoms with Gasteiger partial charge in [0.25, 0.3) is 11.6 Å². The number of amides is 1. The van der Waals surface area contributed by atoms with Gasteiger partial charge in [-0.25, -0.2) is 4.79 Å². The second-order valence-electron chi connectivity index (χ2n) is 6.36. The molecule has 0 N–H and O–H groups in total. The van der Waals surface area contributed by atoms with Gasteiger partial charge in [0.05, 0.1) is 10.5 Å². The Balaban J connectivity index is 2.04. The Morgan fingerprint density at radius 1 is 1.36 bits per heavy atom. The molecule has 1 atom stereocenters. The quantitative estimate of drug-likeness (QED) is 0.460. The summed E-state index contributed by atoms with van der Waals surface area (Å²) in [4.78, 5) is 38.3. The van der Waals surface area contributed by atoms with Crippen molar-refractivity contribution in [2.24, 2.45) is 0 Å². The molecular formula is C17H23N3O5. The number of carbonyl (C=O) groups excluding carboxylic acids is 2. The Morgan fingerprint density at radius 3 is 2.68 bits per heavy atom. The number of benzene rings is 1. The van der Waals surface area contributed by atoms with Gasteiger partial charge in [0.15, 0.2) is 6.61 Å². The second kappa shape index (κ2) is 7.96. The van der Waals surface area contributed by atoms with Crippen LogP contribution in [0, 0.1) is 10.1 Å². The van der Waals surface area contributed by atoms with Crippen LogP contribution in [0.4, 0.5) is 11.4 Å². The van der Waals surface area contributed by atoms with Gasteiger partial charge in [-0.15, -0.1) is 0 Å². The van der Waals surface area contributed by atoms with Gasteiger partial charge >= 0.3 is 5.97 Å². The van der Waals surface area contributed by atoms with Gasteiger partial charge in [-0.05, 0) is 38.3 Å². The lowest BCUT2D eigenvalue weighted by molar-refractivity contribution is -0.384. The summed E-state index contributed by atoms with van der Waals surface area (Å²) in [5.74, 6) is -0.980. The molecule has 1 saturated heterocycles. The summed E-state index contributed by atoms with van der Waals surface area (Å²) in [6, 6.07) is 4.26. The highest BCUT2D eigenvalue weighted by molar-refractivity contribution is 5.93. The van der Waals surface area contributed by atoms with Crippen LogP contribution < -0.4 is 4.90 Å². The third-order valence-corrected chi connectivity index (χ3v) is 4.34. The fourth-order valence-corrected chi connectivity index (χ4v) is 2.94. The highest BCUT2D eigenvalue weighted by atomic mass is 16.6. The largest absolute Gasteiger partial charge is 0.452 e. The highest BCUT2D eigenvalue weighted by Gasteiger charge is 2.25. The van der Waals surface area contributed by atoms with Gasteiger partial charge in [0.1, 0.15) is 5.69 Å². The predicted molar refractivity (Wildman–Crippen MR) is 92.7 cm³/mol. The zero-order chi connectivity index (χ0) is 18.6. The van der Waals surface area contributed by atoms with Crippen LogP contribution in [0.25, 0.3) is 0 Å². The number of esters is 1. The Bertz CT molecular complexity index is 674. The molecule has 1 amide bonds. The summed E-state index contributed by atoms with van der Waals surface area (Å²) in [7, 11) is 3.36. The Kier molecular flexibility index (Phi) is 5.95. The number of likely N-dealkylation sites (tertiary alicyclic amines) is 1. The molecule has 8 nitrogen and oxygen atoms in total. The fourth-order valence-electron chi connectivity index (χ4n) is 2.94. The first-order valence-corrected chi connectivity index (χ1v) is 8.23. The minimum absolute atomic E-state index is 0.0526. The number of hydrogen-bond acceptors (Lipinski definition) is 6. The highest BCUT2D eigenvalue weighted by Crippen LogP contribution is 2.28. The standard InChI is InChI=1S/C17H23N3O5/c1-12-6-4-5-9-19(12)16(21)11-25-17(22)13-7-8-14(18(2)3)15(10-13)20(23)24/h7-8,10,12H,4-6,9,11H2,1-3H3/t12-/m1/s1. The lowest BCUT2D eigenvalue weighted by Crippen LogP contribution is -2.44. The van der Waals surface area contributed by atoms with Crippen LogP contribution in [0.2, 0.25) is 0 Å². The van der Waals surface area contributed by atoms with Crippen LogP contribution in [0.1, 0.15) is 36.5 Å². The van der Waals surface area contributed by atoms with E-state index in [1.54, 1.807) is 23.9 Å². The van der Waals surface area contributed by atoms with E-state index in [0.29, 0.717) is 12.2 Å². The van der Waals surface area contributed by atoms with Crippen LogP contribution in [-0.4, -0.2) is 55.0 Å². The molecule has 0 spiro atoms. The van der Waals surface area contributed by atoms with Crippen LogP contribution in [0.3, 0.4) is 0 Å². The van der Waals surface area contributed by atoms with E-state index in [-0.39, 0.29) is 29.8 Å². The molecular weight excluding hydrogens is 326 g/mol. The zero-order valence-corrected chi connectivity index (χ0v) is 14.7. The van der Waals surface area contributed by atoms with Gasteiger partial charge in [0.2, 0.25) is 0 Å². The van der Waals surface area contributed by atoms with Crippen molar-refractivity contribution in [2.45, 2.75) is 32.2 Å². The van der Waals surface area contributed by atoms with Gasteiger partial charge in [0, 0.05) is 32.7 Å². The number of hydrogen-bond donors (Lipinski definition) is 0. The molecule has 136 valence electrons. The maximum atomic E-state index is 12.2. The normalized spacial score (nSPS) is 17.1. The molecule has 0 aliphatic carbocycles. The van der Waals surface area contributed by atoms with Crippen molar-refractivity contribution in [1.82, 2.24) is 4.90 Å². The number of rotatable bonds is 5. The summed E-state index contributed by atoms with van der Waals surface area (Å²) < 4.78 is 5.06. The molecule has 8 heteroatoms. The van der Waals surface area contributed by atoms with Crippen molar-refractivity contribution in [3.05, 3.63) is 33.9 Å². The van der Waals surface area contributed by atoms with Crippen molar-refractivity contribution in [3.8, 4) is 0 Å². The lowest BCUT2D eigenvalue weighted by Gasteiger charge is -2.33. The van der Waals surface area contributed by atoms with Crippen molar-refractivity contribution in [2.75, 3.05) is 32.1 Å². The molecule has 1 aromatic carbocycles. The summed E-state index contributed by atoms with van der Waals surface area (Å²) in [6.07, 6.45) is 2.98. The smallest absolute Gasteiger partial charge is 0.338 e. The number of ether oxygens (including phenoxy) is 1. The lowest BCUT2D eigenvalue weighted by atomic mass is 10.0. The summed E-state index contributed by atoms with van der Waals surface area (Å²) >= 11 is 0. The van der Waals surface area contributed by atoms with Gasteiger partial charge in [-0.2, -0.15) is 0 Å². The molecule has 0 bridgehead atoms. The molecule has 0 unspecified atom stereocenters. The Hall–Kier alpha value is -2.64. The second-order valence-corrected chi connectivity index (χ2v) is 6.36. The van der Waals surface area contributed by atoms with Crippen molar-refractivity contribution in [3.63, 3.8) is 0 Å². The monoisotopic (exact) mass is 349 g/mol. The molecule has 1 aliphatic heterocycles. The van der Waals surface area contributed by atoms with Crippen LogP contribution in [0.5, 0.6) is 0 Å². The van der Waals surface area contributed by atoms with Crippen molar-refractivity contribution < 1.29 is 19.2 Å². The van der Waals surface area contributed by atoms with Crippen molar-refractivity contribution in [1.29, 1.82) is 0 Å². The molecule has 1 aliphatic rings. The number of nitrogens with zero attached hydrogens (tertiary/aromatic N) is 3. The van der Waals surface area contributed by atoms with E-state index in [0.717, 1.165) is 19.3 Å². The first-order chi connectivity index (χ1) is 11.8. The van der Waals surface area contributed by atoms with E-state index in [1.807, 2.05) is 6.92 Å². The van der Waals surface area contributed by atoms with Crippen LogP contribution >= 0.6 is 0 Å². The fraction of sp³-hybridized carbons (Fsp3) is 0.529. The van der Waals surface area contributed by atoms with E-state index in [9.17, 15) is 19.7 Å². The van der Waals surface area contributed by atoms with Crippen molar-refractivity contribution >= 4 is 23.3 Å². The third kappa shape index (κ3) is 4.46. The average molecular weight is 349 g/mol. The molecule has 0 aromatic heterocycles. The number of nitro groups is 1. The maximum Gasteiger partial charge on any atom is 0.338 e. The van der Waals surface area contributed by atoms with Gasteiger partial charge in [-0.3, -0.25) is 14.9 Å². The molecule has 1 heterocycles. The minimum Gasteiger partial charge on any atom is -0.452 e. The molecule has 1 aromatic rings. The minimum atomic E-state index is -0.744. The summed E-state index contributed by atoms with van der Waals surface area (Å²) in [5.41, 5.74) is 0.256. The first kappa shape index (κ1) is 18.7. The SMILES string of the molecule is C[C@@H]1CCCCN1C(=O)COC(=O)c1ccc(N(C)C)c([N+](=O)[O-])c1. The van der Waals surface area contributed by atoms with E-state index in [1.165, 1.54) is 18.2 Å². The van der Waals surface area contributed by atoms with E-state index >= 15 is 0 Å². The van der Waals surface area contributed by atoms with E-state index in [4.69, 9.17) is 4.74 Å². The zero-order valence-electron chi connectivity index (χ0n) is 14.7. The predicted octanol–water partition coefficient (Wildman–Crippen LogP) is 2.22. The molecule has 1 fully saturated rings. The molecule has 0 radical (unpaired) electrons. The Morgan fingerprint density at radius 2 is 2.08 bits per heavy atom. The maximum absolute atomic E-state index is 12.2. The van der Waals surface area contributed by atoms with E-state index in [2.05, 4.69) is 0 Å². The number of nitro benzene ring substituents is 1. The average Bonchev–Trinajstić information content (AvgIpc) is 2.59. The first-order valence-electron chi connectivity index (χ1n) is 8.23. The third-order valence-electron chi connectivity index (χ3n) is 4.34. The van der Waals surface area contributed by atoms with Gasteiger partial charge in [-0.1, -0.05) is 0 Å². The number of piperidine rings is 1. The molecule has 25 heavy (non-hydrogen) atoms. The van der Waals surface area contributed by atoms with Crippen LogP contribution in [-0.2, 0) is 9.53 Å².